The van der Waals surface area contributed by atoms with Crippen LogP contribution in [0.5, 0.6) is 0 Å². The smallest absolute Gasteiger partial charge is 0.224 e. The summed E-state index contributed by atoms with van der Waals surface area (Å²) >= 11 is 0. The third-order valence-electron chi connectivity index (χ3n) is 2.91. The topological polar surface area (TPSA) is 59.6 Å². The van der Waals surface area contributed by atoms with Crippen LogP contribution in [0.2, 0.25) is 0 Å². The SMILES string of the molecule is COC(OC)C(C)NC(=O)[C@H]1CCCNC1. The van der Waals surface area contributed by atoms with Gasteiger partial charge in [0.2, 0.25) is 5.91 Å². The highest BCUT2D eigenvalue weighted by Crippen LogP contribution is 2.10. The second-order valence-corrected chi connectivity index (χ2v) is 4.18. The standard InChI is InChI=1S/C11H22N2O3/c1-8(11(15-2)16-3)13-10(14)9-5-4-6-12-7-9/h8-9,11-12H,4-7H2,1-3H3,(H,13,14)/t8?,9-/m0/s1. The maximum absolute atomic E-state index is 11.9. The Morgan fingerprint density at radius 3 is 2.62 bits per heavy atom. The summed E-state index contributed by atoms with van der Waals surface area (Å²) in [6, 6.07) is -0.135. The molecule has 1 aliphatic rings. The molecule has 2 atom stereocenters. The van der Waals surface area contributed by atoms with Crippen LogP contribution in [0.1, 0.15) is 19.8 Å². The van der Waals surface area contributed by atoms with Crippen molar-refractivity contribution in [3.05, 3.63) is 0 Å². The Kier molecular flexibility index (Phi) is 5.73. The fraction of sp³-hybridized carbons (Fsp3) is 0.909. The second kappa shape index (κ2) is 6.83. The van der Waals surface area contributed by atoms with E-state index in [2.05, 4.69) is 10.6 Å². The van der Waals surface area contributed by atoms with Gasteiger partial charge in [0.15, 0.2) is 6.29 Å². The van der Waals surface area contributed by atoms with Gasteiger partial charge in [-0.2, -0.15) is 0 Å². The van der Waals surface area contributed by atoms with Crippen LogP contribution in [0.25, 0.3) is 0 Å². The zero-order valence-electron chi connectivity index (χ0n) is 10.3. The molecule has 0 aliphatic carbocycles. The number of rotatable bonds is 5. The molecule has 0 bridgehead atoms. The number of ether oxygens (including phenoxy) is 2. The van der Waals surface area contributed by atoms with E-state index in [9.17, 15) is 4.79 Å². The van der Waals surface area contributed by atoms with E-state index in [1.165, 1.54) is 0 Å². The Hall–Kier alpha value is -0.650. The summed E-state index contributed by atoms with van der Waals surface area (Å²) in [5, 5.41) is 6.15. The minimum Gasteiger partial charge on any atom is -0.354 e. The summed E-state index contributed by atoms with van der Waals surface area (Å²) < 4.78 is 10.2. The van der Waals surface area contributed by atoms with E-state index in [1.807, 2.05) is 6.92 Å². The van der Waals surface area contributed by atoms with Crippen molar-refractivity contribution in [2.75, 3.05) is 27.3 Å². The van der Waals surface area contributed by atoms with E-state index in [0.29, 0.717) is 0 Å². The lowest BCUT2D eigenvalue weighted by atomic mass is 9.98. The molecule has 0 aromatic rings. The molecule has 94 valence electrons. The predicted molar refractivity (Wildman–Crippen MR) is 61.0 cm³/mol. The van der Waals surface area contributed by atoms with Crippen LogP contribution in [0.15, 0.2) is 0 Å². The van der Waals surface area contributed by atoms with Crippen LogP contribution in [-0.4, -0.2) is 45.5 Å². The molecule has 1 unspecified atom stereocenters. The molecule has 0 aromatic carbocycles. The highest BCUT2D eigenvalue weighted by atomic mass is 16.7. The van der Waals surface area contributed by atoms with Crippen LogP contribution in [0, 0.1) is 5.92 Å². The van der Waals surface area contributed by atoms with Gasteiger partial charge in [-0.05, 0) is 26.3 Å². The van der Waals surface area contributed by atoms with Crippen LogP contribution < -0.4 is 10.6 Å². The fourth-order valence-electron chi connectivity index (χ4n) is 1.99. The number of hydrogen-bond donors (Lipinski definition) is 2. The van der Waals surface area contributed by atoms with Crippen molar-refractivity contribution in [1.82, 2.24) is 10.6 Å². The zero-order chi connectivity index (χ0) is 12.0. The maximum Gasteiger partial charge on any atom is 0.224 e. The van der Waals surface area contributed by atoms with Gasteiger partial charge in [0.25, 0.3) is 0 Å². The van der Waals surface area contributed by atoms with Crippen molar-refractivity contribution in [1.29, 1.82) is 0 Å². The molecule has 0 saturated carbocycles. The first-order valence-corrected chi connectivity index (χ1v) is 5.75. The Bertz CT molecular complexity index is 213. The van der Waals surface area contributed by atoms with Crippen LogP contribution in [0.3, 0.4) is 0 Å². The molecule has 1 rings (SSSR count). The number of carbonyl (C=O) groups excluding carboxylic acids is 1. The summed E-state index contributed by atoms with van der Waals surface area (Å²) in [4.78, 5) is 11.9. The van der Waals surface area contributed by atoms with Gasteiger partial charge in [0, 0.05) is 20.8 Å². The Morgan fingerprint density at radius 2 is 2.12 bits per heavy atom. The number of amides is 1. The van der Waals surface area contributed by atoms with E-state index in [0.717, 1.165) is 25.9 Å². The van der Waals surface area contributed by atoms with Gasteiger partial charge in [0.05, 0.1) is 12.0 Å². The number of piperidine rings is 1. The lowest BCUT2D eigenvalue weighted by molar-refractivity contribution is -0.138. The van der Waals surface area contributed by atoms with Gasteiger partial charge in [-0.15, -0.1) is 0 Å². The Morgan fingerprint density at radius 1 is 1.44 bits per heavy atom. The first-order chi connectivity index (χ1) is 7.69. The first kappa shape index (κ1) is 13.4. The van der Waals surface area contributed by atoms with Crippen LogP contribution in [-0.2, 0) is 14.3 Å². The third kappa shape index (κ3) is 3.73. The van der Waals surface area contributed by atoms with Gasteiger partial charge in [-0.1, -0.05) is 0 Å². The van der Waals surface area contributed by atoms with E-state index in [1.54, 1.807) is 14.2 Å². The van der Waals surface area contributed by atoms with Crippen molar-refractivity contribution in [2.24, 2.45) is 5.92 Å². The number of carbonyl (C=O) groups is 1. The van der Waals surface area contributed by atoms with Crippen molar-refractivity contribution in [2.45, 2.75) is 32.1 Å². The van der Waals surface area contributed by atoms with Crippen molar-refractivity contribution in [3.8, 4) is 0 Å². The maximum atomic E-state index is 11.9. The van der Waals surface area contributed by atoms with Crippen LogP contribution >= 0.6 is 0 Å². The predicted octanol–water partition coefficient (Wildman–Crippen LogP) is 0.110. The average Bonchev–Trinajstić information content (AvgIpc) is 2.31. The molecule has 0 radical (unpaired) electrons. The monoisotopic (exact) mass is 230 g/mol. The third-order valence-corrected chi connectivity index (χ3v) is 2.91. The molecule has 5 nitrogen and oxygen atoms in total. The fourth-order valence-corrected chi connectivity index (χ4v) is 1.99. The summed E-state index contributed by atoms with van der Waals surface area (Å²) in [5.74, 6) is 0.157. The minimum absolute atomic E-state index is 0.0746. The Labute approximate surface area is 96.9 Å². The second-order valence-electron chi connectivity index (χ2n) is 4.18. The zero-order valence-corrected chi connectivity index (χ0v) is 10.3. The molecule has 0 spiro atoms. The molecule has 16 heavy (non-hydrogen) atoms. The highest BCUT2D eigenvalue weighted by Gasteiger charge is 2.24. The van der Waals surface area contributed by atoms with Gasteiger partial charge in [-0.25, -0.2) is 0 Å². The molecular formula is C11H22N2O3. The van der Waals surface area contributed by atoms with E-state index < -0.39 is 0 Å². The average molecular weight is 230 g/mol. The number of methoxy groups -OCH3 is 2. The lowest BCUT2D eigenvalue weighted by Gasteiger charge is -2.26. The summed E-state index contributed by atoms with van der Waals surface area (Å²) in [6.07, 6.45) is 1.63. The minimum atomic E-state index is -0.388. The molecule has 5 heteroatoms. The largest absolute Gasteiger partial charge is 0.354 e. The summed E-state index contributed by atoms with van der Waals surface area (Å²) in [6.45, 7) is 3.66. The van der Waals surface area contributed by atoms with Gasteiger partial charge < -0.3 is 20.1 Å². The summed E-state index contributed by atoms with van der Waals surface area (Å²) in [5.41, 5.74) is 0. The number of nitrogens with one attached hydrogen (secondary N) is 2. The van der Waals surface area contributed by atoms with Crippen molar-refractivity contribution < 1.29 is 14.3 Å². The molecular weight excluding hydrogens is 208 g/mol. The lowest BCUT2D eigenvalue weighted by Crippen LogP contribution is -2.48. The molecule has 1 saturated heterocycles. The van der Waals surface area contributed by atoms with E-state index in [-0.39, 0.29) is 24.2 Å². The van der Waals surface area contributed by atoms with Crippen molar-refractivity contribution >= 4 is 5.91 Å². The molecule has 0 aromatic heterocycles. The summed E-state index contributed by atoms with van der Waals surface area (Å²) in [7, 11) is 3.14. The van der Waals surface area contributed by atoms with E-state index in [4.69, 9.17) is 9.47 Å². The van der Waals surface area contributed by atoms with Gasteiger partial charge >= 0.3 is 0 Å². The van der Waals surface area contributed by atoms with Gasteiger partial charge in [-0.3, -0.25) is 4.79 Å². The molecule has 1 heterocycles. The molecule has 1 amide bonds. The molecule has 2 N–H and O–H groups in total. The molecule has 1 fully saturated rings. The normalized spacial score (nSPS) is 23.1. The quantitative estimate of drug-likeness (QED) is 0.658. The van der Waals surface area contributed by atoms with Crippen LogP contribution in [0.4, 0.5) is 0 Å². The van der Waals surface area contributed by atoms with Crippen molar-refractivity contribution in [3.63, 3.8) is 0 Å². The Balaban J connectivity index is 2.37. The number of hydrogen-bond acceptors (Lipinski definition) is 4. The first-order valence-electron chi connectivity index (χ1n) is 5.75. The van der Waals surface area contributed by atoms with E-state index >= 15 is 0 Å². The van der Waals surface area contributed by atoms with Gasteiger partial charge in [0.1, 0.15) is 0 Å². The highest BCUT2D eigenvalue weighted by molar-refractivity contribution is 5.79. The molecule has 1 aliphatic heterocycles.